The Hall–Kier alpha value is 1.62. The number of aromatic hydroxyl groups is 3. The van der Waals surface area contributed by atoms with Crippen molar-refractivity contribution < 1.29 is 15.3 Å². The van der Waals surface area contributed by atoms with E-state index in [0.29, 0.717) is 0 Å². The molecule has 0 saturated heterocycles. The Balaban J connectivity index is -0.000000270. The second-order valence-corrected chi connectivity index (χ2v) is 1.71. The van der Waals surface area contributed by atoms with Crippen LogP contribution >= 0.6 is 0 Å². The summed E-state index contributed by atoms with van der Waals surface area (Å²) in [6.45, 7) is 0. The maximum absolute atomic E-state index is 8.67. The normalized spacial score (nSPS) is 7.00. The molecule has 1 aromatic rings. The molecule has 0 saturated carbocycles. The fourth-order valence-electron chi connectivity index (χ4n) is 0.580. The summed E-state index contributed by atoms with van der Waals surface area (Å²) in [4.78, 5) is 0. The summed E-state index contributed by atoms with van der Waals surface area (Å²) in [5.41, 5.74) is 0. The number of phenolic OH excluding ortho intramolecular Hbond substituents is 3. The van der Waals surface area contributed by atoms with Crippen LogP contribution in [0.25, 0.3) is 0 Å². The third kappa shape index (κ3) is 7.06. The zero-order valence-corrected chi connectivity index (χ0v) is 4.57. The number of phenols is 3. The molecule has 6 heteroatoms. The van der Waals surface area contributed by atoms with Crippen molar-refractivity contribution in [1.82, 2.24) is 0 Å². The van der Waals surface area contributed by atoms with Gasteiger partial charge in [0.2, 0.25) is 0 Å². The standard InChI is InChI=1S/C6H6O3.3Na.3H/c7-4-1-5(8)3-6(9)2-4;;;;;;/h1-3,7-9H;;;;;;. The van der Waals surface area contributed by atoms with E-state index >= 15 is 0 Å². The Kier molecular flexibility index (Phi) is 14.7. The summed E-state index contributed by atoms with van der Waals surface area (Å²) >= 11 is 0. The Morgan fingerprint density at radius 1 is 0.583 bits per heavy atom. The Bertz CT molecular complexity index is 179. The van der Waals surface area contributed by atoms with Crippen LogP contribution < -0.4 is 0 Å². The average molecular weight is 198 g/mol. The number of hydrogen-bond donors (Lipinski definition) is 3. The van der Waals surface area contributed by atoms with Crippen molar-refractivity contribution in [3.8, 4) is 17.2 Å². The first kappa shape index (κ1) is 19.2. The fraction of sp³-hybridized carbons (Fsp3) is 0. The molecular weight excluding hydrogens is 189 g/mol. The molecule has 54 valence electrons. The van der Waals surface area contributed by atoms with Crippen LogP contribution in [0.1, 0.15) is 0 Å². The summed E-state index contributed by atoms with van der Waals surface area (Å²) in [5.74, 6) is -0.437. The molecule has 0 bridgehead atoms. The van der Waals surface area contributed by atoms with Gasteiger partial charge in [0.15, 0.2) is 0 Å². The number of rotatable bonds is 0. The molecule has 0 radical (unpaired) electrons. The van der Waals surface area contributed by atoms with Gasteiger partial charge >= 0.3 is 88.7 Å². The van der Waals surface area contributed by atoms with E-state index in [9.17, 15) is 0 Å². The van der Waals surface area contributed by atoms with Gasteiger partial charge in [-0.3, -0.25) is 0 Å². The molecule has 3 N–H and O–H groups in total. The van der Waals surface area contributed by atoms with E-state index in [4.69, 9.17) is 15.3 Å². The first-order valence-corrected chi connectivity index (χ1v) is 2.40. The summed E-state index contributed by atoms with van der Waals surface area (Å²) in [7, 11) is 0. The maximum atomic E-state index is 8.67. The number of benzene rings is 1. The molecular formula is C6H9Na3O3. The van der Waals surface area contributed by atoms with Gasteiger partial charge < -0.3 is 15.3 Å². The Morgan fingerprint density at radius 3 is 0.917 bits per heavy atom. The summed E-state index contributed by atoms with van der Waals surface area (Å²) < 4.78 is 0. The van der Waals surface area contributed by atoms with Crippen LogP contribution in [0.4, 0.5) is 0 Å². The van der Waals surface area contributed by atoms with Crippen molar-refractivity contribution in [3.63, 3.8) is 0 Å². The van der Waals surface area contributed by atoms with Gasteiger partial charge in [0.05, 0.1) is 0 Å². The predicted molar refractivity (Wildman–Crippen MR) is 52.9 cm³/mol. The molecule has 0 heterocycles. The predicted octanol–water partition coefficient (Wildman–Crippen LogP) is -1.14. The summed E-state index contributed by atoms with van der Waals surface area (Å²) in [6, 6.07) is 3.42. The van der Waals surface area contributed by atoms with Crippen LogP contribution in [0, 0.1) is 0 Å². The molecule has 0 atom stereocenters. The average Bonchev–Trinajstić information content (AvgIpc) is 1.59. The molecule has 0 aliphatic rings. The number of hydrogen-bond acceptors (Lipinski definition) is 3. The molecule has 12 heavy (non-hydrogen) atoms. The van der Waals surface area contributed by atoms with Crippen molar-refractivity contribution in [2.45, 2.75) is 0 Å². The Morgan fingerprint density at radius 2 is 0.750 bits per heavy atom. The molecule has 0 unspecified atom stereocenters. The zero-order chi connectivity index (χ0) is 6.85. The van der Waals surface area contributed by atoms with Gasteiger partial charge in [-0.15, -0.1) is 0 Å². The SMILES string of the molecule is Oc1cc(O)cc(O)c1.[NaH].[NaH].[NaH]. The van der Waals surface area contributed by atoms with E-state index < -0.39 is 0 Å². The summed E-state index contributed by atoms with van der Waals surface area (Å²) in [5, 5.41) is 26.0. The van der Waals surface area contributed by atoms with Crippen molar-refractivity contribution in [3.05, 3.63) is 18.2 Å². The van der Waals surface area contributed by atoms with E-state index in [2.05, 4.69) is 0 Å². The molecule has 0 spiro atoms. The van der Waals surface area contributed by atoms with Crippen LogP contribution in [0.3, 0.4) is 0 Å². The van der Waals surface area contributed by atoms with Crippen molar-refractivity contribution in [2.75, 3.05) is 0 Å². The molecule has 3 nitrogen and oxygen atoms in total. The van der Waals surface area contributed by atoms with E-state index in [0.717, 1.165) is 18.2 Å². The van der Waals surface area contributed by atoms with Crippen molar-refractivity contribution in [1.29, 1.82) is 0 Å². The van der Waals surface area contributed by atoms with E-state index in [-0.39, 0.29) is 106 Å². The first-order valence-electron chi connectivity index (χ1n) is 2.40. The topological polar surface area (TPSA) is 60.7 Å². The second-order valence-electron chi connectivity index (χ2n) is 1.71. The van der Waals surface area contributed by atoms with Gasteiger partial charge in [0.1, 0.15) is 17.2 Å². The van der Waals surface area contributed by atoms with E-state index in [1.807, 2.05) is 0 Å². The zero-order valence-electron chi connectivity index (χ0n) is 4.57. The first-order chi connectivity index (χ1) is 4.18. The molecule has 0 aliphatic carbocycles. The second kappa shape index (κ2) is 9.19. The minimum absolute atomic E-state index is 0. The van der Waals surface area contributed by atoms with Gasteiger partial charge in [0.25, 0.3) is 0 Å². The molecule has 0 aromatic heterocycles. The molecule has 1 aromatic carbocycles. The van der Waals surface area contributed by atoms with Crippen LogP contribution in [-0.2, 0) is 0 Å². The fourth-order valence-corrected chi connectivity index (χ4v) is 0.580. The van der Waals surface area contributed by atoms with Gasteiger partial charge in [-0.25, -0.2) is 0 Å². The quantitative estimate of drug-likeness (QED) is 0.462. The monoisotopic (exact) mass is 198 g/mol. The van der Waals surface area contributed by atoms with Crippen LogP contribution in [0.2, 0.25) is 0 Å². The van der Waals surface area contributed by atoms with Crippen molar-refractivity contribution >= 4 is 88.7 Å². The molecule has 0 amide bonds. The van der Waals surface area contributed by atoms with Crippen molar-refractivity contribution in [2.24, 2.45) is 0 Å². The van der Waals surface area contributed by atoms with Gasteiger partial charge in [0, 0.05) is 18.2 Å². The van der Waals surface area contributed by atoms with Gasteiger partial charge in [-0.1, -0.05) is 0 Å². The minimum atomic E-state index is -0.146. The van der Waals surface area contributed by atoms with Crippen LogP contribution in [0.15, 0.2) is 18.2 Å². The van der Waals surface area contributed by atoms with Gasteiger partial charge in [-0.2, -0.15) is 0 Å². The van der Waals surface area contributed by atoms with E-state index in [1.165, 1.54) is 0 Å². The van der Waals surface area contributed by atoms with Crippen LogP contribution in [0.5, 0.6) is 17.2 Å². The van der Waals surface area contributed by atoms with E-state index in [1.54, 1.807) is 0 Å². The molecule has 0 fully saturated rings. The van der Waals surface area contributed by atoms with Gasteiger partial charge in [-0.05, 0) is 0 Å². The molecule has 1 rings (SSSR count). The summed E-state index contributed by atoms with van der Waals surface area (Å²) in [6.07, 6.45) is 0. The molecule has 0 aliphatic heterocycles. The Labute approximate surface area is 137 Å². The third-order valence-electron chi connectivity index (χ3n) is 0.887. The third-order valence-corrected chi connectivity index (χ3v) is 0.887. The van der Waals surface area contributed by atoms with Crippen LogP contribution in [-0.4, -0.2) is 104 Å².